The van der Waals surface area contributed by atoms with Crippen molar-refractivity contribution in [1.82, 2.24) is 4.90 Å². The van der Waals surface area contributed by atoms with Gasteiger partial charge in [-0.05, 0) is 66.2 Å². The van der Waals surface area contributed by atoms with Crippen molar-refractivity contribution in [3.8, 4) is 0 Å². The van der Waals surface area contributed by atoms with Crippen LogP contribution in [0.25, 0.3) is 10.8 Å². The molecule has 4 fully saturated rings. The number of carbonyl (C=O) groups is 3. The number of hydrogen-bond donors (Lipinski definition) is 4. The number of carboxylic acid groups (broad SMARTS) is 1. The minimum Gasteiger partial charge on any atom is -0.477 e. The lowest BCUT2D eigenvalue weighted by atomic mass is 9.78. The molecule has 4 saturated heterocycles. The lowest BCUT2D eigenvalue weighted by molar-refractivity contribution is -1.08. The number of aliphatic carboxylic acids is 1. The van der Waals surface area contributed by atoms with E-state index in [2.05, 4.69) is 5.32 Å². The van der Waals surface area contributed by atoms with Crippen molar-refractivity contribution in [3.63, 3.8) is 0 Å². The molecule has 280 valence electrons. The first-order chi connectivity index (χ1) is 25.3. The highest BCUT2D eigenvalue weighted by Crippen LogP contribution is 2.50. The lowest BCUT2D eigenvalue weighted by Crippen LogP contribution is -2.76. The van der Waals surface area contributed by atoms with Crippen molar-refractivity contribution in [1.29, 1.82) is 0 Å². The van der Waals surface area contributed by atoms with Gasteiger partial charge in [-0.25, -0.2) is 13.2 Å². The number of rotatable bonds is 12. The number of anilines is 2. The van der Waals surface area contributed by atoms with E-state index in [1.807, 2.05) is 42.5 Å². The molecule has 6 aliphatic rings. The average molecular weight is 745 g/mol. The molecule has 53 heavy (non-hydrogen) atoms. The second-order valence-electron chi connectivity index (χ2n) is 15.8. The van der Waals surface area contributed by atoms with Crippen molar-refractivity contribution >= 4 is 50.0 Å². The quantitative estimate of drug-likeness (QED) is 0.161. The number of nitrogens with one attached hydrogen (secondary N) is 1. The zero-order valence-electron chi connectivity index (χ0n) is 30.2. The van der Waals surface area contributed by atoms with Crippen LogP contribution in [0.2, 0.25) is 0 Å². The lowest BCUT2D eigenvalue weighted by Gasteiger charge is -2.55. The molecule has 3 aromatic rings. The molecule has 4 atom stereocenters. The van der Waals surface area contributed by atoms with Crippen LogP contribution in [-0.2, 0) is 37.2 Å². The predicted octanol–water partition coefficient (Wildman–Crippen LogP) is 1.89. The highest BCUT2D eigenvalue weighted by atomic mass is 32.2. The van der Waals surface area contributed by atoms with E-state index in [0.717, 1.165) is 89.8 Å². The Bertz CT molecular complexity index is 2160. The number of fused-ring (bicyclic) bond motifs is 4. The van der Waals surface area contributed by atoms with Crippen molar-refractivity contribution in [2.75, 3.05) is 75.1 Å². The van der Waals surface area contributed by atoms with Gasteiger partial charge in [0, 0.05) is 23.4 Å². The van der Waals surface area contributed by atoms with Crippen LogP contribution >= 0.6 is 0 Å². The molecule has 5 N–H and O–H groups in total. The van der Waals surface area contributed by atoms with E-state index in [4.69, 9.17) is 5.73 Å². The van der Waals surface area contributed by atoms with Gasteiger partial charge < -0.3 is 35.1 Å². The number of quaternary nitrogens is 2. The Balaban J connectivity index is 0.975. The number of aliphatic hydroxyl groups excluding tert-OH is 1. The fraction of sp³-hybridized carbons (Fsp3) is 0.462. The summed E-state index contributed by atoms with van der Waals surface area (Å²) >= 11 is 0. The van der Waals surface area contributed by atoms with Crippen LogP contribution < -0.4 is 15.4 Å². The van der Waals surface area contributed by atoms with E-state index in [9.17, 15) is 33.0 Å². The van der Waals surface area contributed by atoms with Crippen LogP contribution in [0.3, 0.4) is 0 Å². The van der Waals surface area contributed by atoms with Crippen LogP contribution in [-0.4, -0.2) is 128 Å². The van der Waals surface area contributed by atoms with Gasteiger partial charge in [0.1, 0.15) is 45.0 Å². The molecule has 3 aromatic carbocycles. The van der Waals surface area contributed by atoms with E-state index in [0.29, 0.717) is 29.7 Å². The number of aliphatic hydroxyl groups is 1. The number of nitrogens with two attached hydrogens (primary N) is 1. The van der Waals surface area contributed by atoms with Crippen LogP contribution in [0.1, 0.15) is 25.0 Å². The monoisotopic (exact) mass is 744 g/mol. The summed E-state index contributed by atoms with van der Waals surface area (Å²) in [5.74, 6) is -2.87. The van der Waals surface area contributed by atoms with E-state index in [-0.39, 0.29) is 23.0 Å². The van der Waals surface area contributed by atoms with Gasteiger partial charge in [0.25, 0.3) is 15.9 Å². The maximum Gasteiger partial charge on any atom is 0.352 e. The molecular weight excluding hydrogens is 697 g/mol. The normalized spacial score (nSPS) is 28.7. The minimum atomic E-state index is -4.01. The summed E-state index contributed by atoms with van der Waals surface area (Å²) in [7, 11) is -4.01. The number of piperazine rings is 3. The zero-order chi connectivity index (χ0) is 37.4. The third-order valence-corrected chi connectivity index (χ3v) is 14.7. The predicted molar refractivity (Wildman–Crippen MR) is 199 cm³/mol. The van der Waals surface area contributed by atoms with Crippen molar-refractivity contribution in [2.24, 2.45) is 17.6 Å². The Kier molecular flexibility index (Phi) is 8.69. The zero-order valence-corrected chi connectivity index (χ0v) is 31.0. The first-order valence-electron chi connectivity index (χ1n) is 18.6. The number of benzene rings is 3. The van der Waals surface area contributed by atoms with E-state index in [1.165, 1.54) is 16.1 Å². The molecule has 13 nitrogen and oxygen atoms in total. The molecule has 2 amide bonds. The fourth-order valence-electron chi connectivity index (χ4n) is 9.83. The van der Waals surface area contributed by atoms with Gasteiger partial charge in [-0.3, -0.25) is 13.9 Å². The summed E-state index contributed by atoms with van der Waals surface area (Å²) in [4.78, 5) is 40.0. The van der Waals surface area contributed by atoms with Crippen LogP contribution in [0, 0.1) is 11.8 Å². The summed E-state index contributed by atoms with van der Waals surface area (Å²) < 4.78 is 31.3. The Morgan fingerprint density at radius 2 is 1.70 bits per heavy atom. The first kappa shape index (κ1) is 35.7. The number of carbonyl (C=O) groups excluding carboxylic acids is 2. The number of β-lactam (4-membered cyclic amide) rings is 1. The summed E-state index contributed by atoms with van der Waals surface area (Å²) in [6.45, 7) is 10.8. The number of carboxylic acids is 1. The second-order valence-corrected chi connectivity index (χ2v) is 17.6. The van der Waals surface area contributed by atoms with Crippen molar-refractivity contribution in [3.05, 3.63) is 77.0 Å². The standard InChI is InChI=1S/C39H46N6O7S/c1-24-30(37(39(49)50)43-36(24)34(25(2)46)38(43)48)22-42-31-8-4-7-29-27(9-10-32(35(29)31)53(42,51)52)12-14-44-15-18-45(19-16-44,20-17-44)23-33(47)41-28-6-3-5-26(21-28)11-13-40/h3-10,21,24-25,34,36,46H,11-20,22-23,40H2,1-2H3/p+2/t24-,25?,34?,36?,44?,45?/m0/s1. The van der Waals surface area contributed by atoms with E-state index in [1.54, 1.807) is 19.1 Å². The Labute approximate surface area is 309 Å². The minimum absolute atomic E-state index is 0.0360. The van der Waals surface area contributed by atoms with Gasteiger partial charge in [-0.15, -0.1) is 0 Å². The molecule has 14 heteroatoms. The summed E-state index contributed by atoms with van der Waals surface area (Å²) in [5, 5.41) is 25.0. The van der Waals surface area contributed by atoms with Crippen LogP contribution in [0.15, 0.2) is 70.8 Å². The number of nitrogens with zero attached hydrogens (tertiary/aromatic N) is 4. The molecule has 0 radical (unpaired) electrons. The molecule has 0 saturated carbocycles. The molecule has 2 bridgehead atoms. The summed E-state index contributed by atoms with van der Waals surface area (Å²) in [6, 6.07) is 16.5. The fourth-order valence-corrected chi connectivity index (χ4v) is 11.5. The topological polar surface area (TPSA) is 170 Å². The Hall–Kier alpha value is -4.34. The highest BCUT2D eigenvalue weighted by molar-refractivity contribution is 7.93. The number of sulfonamides is 1. The molecule has 6 aliphatic heterocycles. The van der Waals surface area contributed by atoms with Gasteiger partial charge in [0.05, 0.1) is 41.7 Å². The summed E-state index contributed by atoms with van der Waals surface area (Å²) in [5.41, 5.74) is 9.38. The first-order valence-corrected chi connectivity index (χ1v) is 20.1. The maximum absolute atomic E-state index is 14.1. The van der Waals surface area contributed by atoms with Crippen molar-refractivity contribution in [2.45, 2.75) is 43.7 Å². The maximum atomic E-state index is 14.1. The van der Waals surface area contributed by atoms with Gasteiger partial charge in [-0.2, -0.15) is 0 Å². The highest BCUT2D eigenvalue weighted by Gasteiger charge is 2.60. The molecular formula is C39H48N6O7S+2. The van der Waals surface area contributed by atoms with Gasteiger partial charge >= 0.3 is 5.97 Å². The van der Waals surface area contributed by atoms with E-state index < -0.39 is 45.9 Å². The van der Waals surface area contributed by atoms with Gasteiger partial charge in [0.15, 0.2) is 6.54 Å². The SMILES string of the molecule is CC(O)C1C(=O)N2C(C(=O)O)=C(CN3c4cccc5c(CC[N+]67CC[N+](CC(=O)Nc8cccc(CCN)c8)(CC6)CC7)ccc(c45)S3(=O)=O)[C@H](C)C12. The molecule has 6 heterocycles. The van der Waals surface area contributed by atoms with Gasteiger partial charge in [0.2, 0.25) is 5.91 Å². The molecule has 3 unspecified atom stereocenters. The summed E-state index contributed by atoms with van der Waals surface area (Å²) in [6.07, 6.45) is 0.590. The second kappa shape index (κ2) is 12.9. The third kappa shape index (κ3) is 5.73. The molecule has 0 spiro atoms. The average Bonchev–Trinajstić information content (AvgIpc) is 3.50. The smallest absolute Gasteiger partial charge is 0.352 e. The molecule has 0 aliphatic carbocycles. The number of hydrogen-bond acceptors (Lipinski definition) is 7. The molecule has 9 rings (SSSR count). The Morgan fingerprint density at radius 1 is 1.00 bits per heavy atom. The number of amides is 2. The largest absolute Gasteiger partial charge is 0.477 e. The molecule has 0 aromatic heterocycles. The Morgan fingerprint density at radius 3 is 2.38 bits per heavy atom. The van der Waals surface area contributed by atoms with Crippen LogP contribution in [0.4, 0.5) is 11.4 Å². The third-order valence-electron chi connectivity index (χ3n) is 12.9. The van der Waals surface area contributed by atoms with Crippen molar-refractivity contribution < 1.29 is 42.0 Å². The van der Waals surface area contributed by atoms with E-state index >= 15 is 0 Å². The van der Waals surface area contributed by atoms with Gasteiger partial charge in [-0.1, -0.05) is 37.3 Å². The van der Waals surface area contributed by atoms with Crippen LogP contribution in [0.5, 0.6) is 0 Å².